The predicted molar refractivity (Wildman–Crippen MR) is 98.9 cm³/mol. The van der Waals surface area contributed by atoms with Crippen LogP contribution >= 0.6 is 11.8 Å². The zero-order valence-electron chi connectivity index (χ0n) is 13.9. The van der Waals surface area contributed by atoms with E-state index in [1.54, 1.807) is 7.11 Å². The summed E-state index contributed by atoms with van der Waals surface area (Å²) in [5, 5.41) is 10.5. The third-order valence-corrected chi connectivity index (χ3v) is 4.43. The number of rotatable bonds is 6. The van der Waals surface area contributed by atoms with Gasteiger partial charge in [0.2, 0.25) is 11.1 Å². The van der Waals surface area contributed by atoms with E-state index in [1.165, 1.54) is 11.8 Å². The highest BCUT2D eigenvalue weighted by Gasteiger charge is 2.10. The lowest BCUT2D eigenvalue weighted by Gasteiger charge is -2.06. The van der Waals surface area contributed by atoms with Crippen LogP contribution in [0.25, 0.3) is 11.4 Å². The summed E-state index contributed by atoms with van der Waals surface area (Å²) < 4.78 is 5.14. The van der Waals surface area contributed by atoms with Gasteiger partial charge in [0.1, 0.15) is 5.75 Å². The summed E-state index contributed by atoms with van der Waals surface area (Å²) in [6, 6.07) is 15.2. The molecule has 25 heavy (non-hydrogen) atoms. The van der Waals surface area contributed by atoms with E-state index in [9.17, 15) is 4.79 Å². The van der Waals surface area contributed by atoms with E-state index in [2.05, 4.69) is 20.5 Å². The number of methoxy groups -OCH3 is 1. The van der Waals surface area contributed by atoms with Gasteiger partial charge in [0.15, 0.2) is 5.82 Å². The second kappa shape index (κ2) is 7.85. The number of H-pyrrole nitrogens is 1. The molecular weight excluding hydrogens is 336 g/mol. The number of thioether (sulfide) groups is 1. The number of anilines is 1. The van der Waals surface area contributed by atoms with E-state index in [0.717, 1.165) is 22.6 Å². The van der Waals surface area contributed by atoms with Crippen molar-refractivity contribution in [2.75, 3.05) is 18.2 Å². The zero-order valence-corrected chi connectivity index (χ0v) is 14.8. The topological polar surface area (TPSA) is 79.9 Å². The SMILES string of the molecule is COc1ccc(-c2nc(SCC(=O)Nc3ccccc3C)n[nH]2)cc1. The molecule has 0 atom stereocenters. The van der Waals surface area contributed by atoms with Gasteiger partial charge in [-0.1, -0.05) is 30.0 Å². The largest absolute Gasteiger partial charge is 0.497 e. The lowest BCUT2D eigenvalue weighted by Crippen LogP contribution is -2.14. The van der Waals surface area contributed by atoms with Gasteiger partial charge in [0.05, 0.1) is 12.9 Å². The molecule has 2 N–H and O–H groups in total. The quantitative estimate of drug-likeness (QED) is 0.662. The van der Waals surface area contributed by atoms with Crippen LogP contribution in [0.1, 0.15) is 5.56 Å². The summed E-state index contributed by atoms with van der Waals surface area (Å²) in [4.78, 5) is 16.5. The number of nitrogens with one attached hydrogen (secondary N) is 2. The number of hydrogen-bond donors (Lipinski definition) is 2. The number of hydrogen-bond acceptors (Lipinski definition) is 5. The minimum Gasteiger partial charge on any atom is -0.497 e. The van der Waals surface area contributed by atoms with Crippen molar-refractivity contribution in [1.82, 2.24) is 15.2 Å². The molecule has 1 aromatic heterocycles. The van der Waals surface area contributed by atoms with Crippen LogP contribution in [-0.4, -0.2) is 34.0 Å². The van der Waals surface area contributed by atoms with Crippen LogP contribution in [0, 0.1) is 6.92 Å². The molecule has 0 unspecified atom stereocenters. The number of aryl methyl sites for hydroxylation is 1. The van der Waals surface area contributed by atoms with Gasteiger partial charge in [-0.2, -0.15) is 0 Å². The number of carbonyl (C=O) groups is 1. The fourth-order valence-electron chi connectivity index (χ4n) is 2.22. The lowest BCUT2D eigenvalue weighted by molar-refractivity contribution is -0.113. The van der Waals surface area contributed by atoms with Gasteiger partial charge >= 0.3 is 0 Å². The van der Waals surface area contributed by atoms with E-state index in [0.29, 0.717) is 11.0 Å². The summed E-state index contributed by atoms with van der Waals surface area (Å²) >= 11 is 1.29. The first-order valence-electron chi connectivity index (χ1n) is 7.71. The molecule has 1 amide bonds. The highest BCUT2D eigenvalue weighted by molar-refractivity contribution is 7.99. The molecule has 0 spiro atoms. The molecule has 7 heteroatoms. The first-order valence-corrected chi connectivity index (χ1v) is 8.69. The number of para-hydroxylation sites is 1. The van der Waals surface area contributed by atoms with Gasteiger partial charge in [-0.3, -0.25) is 9.89 Å². The summed E-state index contributed by atoms with van der Waals surface area (Å²) in [7, 11) is 1.63. The Bertz CT molecular complexity index is 862. The van der Waals surface area contributed by atoms with Crippen molar-refractivity contribution in [1.29, 1.82) is 0 Å². The van der Waals surface area contributed by atoms with Gasteiger partial charge in [-0.15, -0.1) is 5.10 Å². The van der Waals surface area contributed by atoms with Crippen molar-refractivity contribution in [3.63, 3.8) is 0 Å². The van der Waals surface area contributed by atoms with Crippen molar-refractivity contribution in [2.45, 2.75) is 12.1 Å². The molecule has 6 nitrogen and oxygen atoms in total. The Morgan fingerprint density at radius 2 is 1.96 bits per heavy atom. The molecule has 3 aromatic rings. The third-order valence-electron chi connectivity index (χ3n) is 3.58. The minimum atomic E-state index is -0.0879. The molecule has 0 bridgehead atoms. The highest BCUT2D eigenvalue weighted by Crippen LogP contribution is 2.22. The van der Waals surface area contributed by atoms with Crippen LogP contribution in [-0.2, 0) is 4.79 Å². The maximum atomic E-state index is 12.1. The van der Waals surface area contributed by atoms with Crippen LogP contribution < -0.4 is 10.1 Å². The average Bonchev–Trinajstić information content (AvgIpc) is 3.11. The molecule has 1 heterocycles. The maximum Gasteiger partial charge on any atom is 0.234 e. The molecule has 0 aliphatic rings. The van der Waals surface area contributed by atoms with E-state index >= 15 is 0 Å². The van der Waals surface area contributed by atoms with Gasteiger partial charge in [-0.05, 0) is 42.8 Å². The Hall–Kier alpha value is -2.80. The van der Waals surface area contributed by atoms with Crippen molar-refractivity contribution in [2.24, 2.45) is 0 Å². The highest BCUT2D eigenvalue weighted by atomic mass is 32.2. The van der Waals surface area contributed by atoms with Crippen molar-refractivity contribution in [3.05, 3.63) is 54.1 Å². The summed E-state index contributed by atoms with van der Waals surface area (Å²) in [6.45, 7) is 1.96. The van der Waals surface area contributed by atoms with E-state index in [-0.39, 0.29) is 11.7 Å². The number of nitrogens with zero attached hydrogens (tertiary/aromatic N) is 2. The predicted octanol–water partition coefficient (Wildman–Crippen LogP) is 3.52. The lowest BCUT2D eigenvalue weighted by atomic mass is 10.2. The van der Waals surface area contributed by atoms with Crippen molar-refractivity contribution >= 4 is 23.4 Å². The molecule has 0 aliphatic carbocycles. The van der Waals surface area contributed by atoms with Crippen molar-refractivity contribution < 1.29 is 9.53 Å². The average molecular weight is 354 g/mol. The van der Waals surface area contributed by atoms with Crippen molar-refractivity contribution in [3.8, 4) is 17.1 Å². The van der Waals surface area contributed by atoms with Crippen LogP contribution in [0.5, 0.6) is 5.75 Å². The van der Waals surface area contributed by atoms with Crippen LogP contribution in [0.15, 0.2) is 53.7 Å². The second-order valence-electron chi connectivity index (χ2n) is 5.35. The summed E-state index contributed by atoms with van der Waals surface area (Å²) in [5.41, 5.74) is 2.76. The van der Waals surface area contributed by atoms with Gasteiger partial charge < -0.3 is 10.1 Å². The molecule has 0 radical (unpaired) electrons. The smallest absolute Gasteiger partial charge is 0.234 e. The fourth-order valence-corrected chi connectivity index (χ4v) is 2.82. The third kappa shape index (κ3) is 4.39. The number of aromatic amines is 1. The number of amides is 1. The van der Waals surface area contributed by atoms with Crippen LogP contribution in [0.4, 0.5) is 5.69 Å². The number of carbonyl (C=O) groups excluding carboxylic acids is 1. The van der Waals surface area contributed by atoms with Gasteiger partial charge in [0.25, 0.3) is 0 Å². The Labute approximate surface area is 150 Å². The summed E-state index contributed by atoms with van der Waals surface area (Å²) in [6.07, 6.45) is 0. The molecule has 3 rings (SSSR count). The Kier molecular flexibility index (Phi) is 5.35. The van der Waals surface area contributed by atoms with E-state index in [1.807, 2.05) is 55.5 Å². The summed E-state index contributed by atoms with van der Waals surface area (Å²) in [5.74, 6) is 1.60. The number of benzene rings is 2. The Morgan fingerprint density at radius 1 is 1.20 bits per heavy atom. The monoisotopic (exact) mass is 354 g/mol. The Balaban J connectivity index is 1.58. The molecular formula is C18H18N4O2S. The second-order valence-corrected chi connectivity index (χ2v) is 6.29. The standard InChI is InChI=1S/C18H18N4O2S/c1-12-5-3-4-6-15(12)19-16(23)11-25-18-20-17(21-22-18)13-7-9-14(24-2)10-8-13/h3-10H,11H2,1-2H3,(H,19,23)(H,20,21,22). The molecule has 128 valence electrons. The normalized spacial score (nSPS) is 10.5. The first-order chi connectivity index (χ1) is 12.2. The molecule has 0 fully saturated rings. The molecule has 0 aliphatic heterocycles. The van der Waals surface area contributed by atoms with E-state index < -0.39 is 0 Å². The molecule has 0 saturated heterocycles. The van der Waals surface area contributed by atoms with Gasteiger partial charge in [0, 0.05) is 11.3 Å². The Morgan fingerprint density at radius 3 is 2.68 bits per heavy atom. The van der Waals surface area contributed by atoms with Crippen LogP contribution in [0.3, 0.4) is 0 Å². The number of ether oxygens (including phenoxy) is 1. The first kappa shape index (κ1) is 17.0. The van der Waals surface area contributed by atoms with E-state index in [4.69, 9.17) is 4.74 Å². The zero-order chi connectivity index (χ0) is 17.6. The fraction of sp³-hybridized carbons (Fsp3) is 0.167. The molecule has 0 saturated carbocycles. The number of aromatic nitrogens is 3. The minimum absolute atomic E-state index is 0.0879. The van der Waals surface area contributed by atoms with Gasteiger partial charge in [-0.25, -0.2) is 4.98 Å². The van der Waals surface area contributed by atoms with Crippen LogP contribution in [0.2, 0.25) is 0 Å². The molecule has 2 aromatic carbocycles. The maximum absolute atomic E-state index is 12.1.